The van der Waals surface area contributed by atoms with Crippen molar-refractivity contribution in [2.24, 2.45) is 11.8 Å². The van der Waals surface area contributed by atoms with E-state index in [2.05, 4.69) is 6.58 Å². The lowest BCUT2D eigenvalue weighted by atomic mass is 9.83. The van der Waals surface area contributed by atoms with Crippen LogP contribution in [0.2, 0.25) is 0 Å². The first-order chi connectivity index (χ1) is 11.5. The predicted molar refractivity (Wildman–Crippen MR) is 89.2 cm³/mol. The Morgan fingerprint density at radius 1 is 1.44 bits per heavy atom. The van der Waals surface area contributed by atoms with E-state index in [9.17, 15) is 14.7 Å². The second kappa shape index (κ2) is 5.81. The Bertz CT molecular complexity index is 690. The Morgan fingerprint density at radius 2 is 2.12 bits per heavy atom. The van der Waals surface area contributed by atoms with E-state index >= 15 is 0 Å². The summed E-state index contributed by atoms with van der Waals surface area (Å²) in [7, 11) is 0. The zero-order valence-corrected chi connectivity index (χ0v) is 14.9. The maximum Gasteiger partial charge on any atom is 0.334 e. The van der Waals surface area contributed by atoms with Gasteiger partial charge in [0, 0.05) is 12.0 Å². The molecule has 0 aromatic heterocycles. The number of carbonyl (C=O) groups excluding carboxylic acids is 2. The van der Waals surface area contributed by atoms with Crippen LogP contribution in [0.25, 0.3) is 0 Å². The van der Waals surface area contributed by atoms with Gasteiger partial charge in [-0.3, -0.25) is 4.79 Å². The van der Waals surface area contributed by atoms with Gasteiger partial charge in [0.15, 0.2) is 0 Å². The molecule has 2 bridgehead atoms. The second-order valence-electron chi connectivity index (χ2n) is 7.55. The molecule has 0 aromatic rings. The Hall–Kier alpha value is -1.92. The molecule has 3 heterocycles. The van der Waals surface area contributed by atoms with Crippen molar-refractivity contribution >= 4 is 11.9 Å². The first-order valence-electron chi connectivity index (χ1n) is 8.47. The van der Waals surface area contributed by atoms with E-state index in [1.807, 2.05) is 6.92 Å². The van der Waals surface area contributed by atoms with Crippen LogP contribution >= 0.6 is 0 Å². The highest BCUT2D eigenvalue weighted by Gasteiger charge is 2.52. The van der Waals surface area contributed by atoms with Crippen molar-refractivity contribution in [3.05, 3.63) is 36.0 Å². The van der Waals surface area contributed by atoms with Gasteiger partial charge < -0.3 is 19.3 Å². The maximum absolute atomic E-state index is 12.2. The number of hydrogen-bond acceptors (Lipinski definition) is 6. The van der Waals surface area contributed by atoms with E-state index in [-0.39, 0.29) is 23.9 Å². The minimum absolute atomic E-state index is 0.271. The molecule has 0 aliphatic carbocycles. The minimum atomic E-state index is -1.56. The monoisotopic (exact) mass is 348 g/mol. The lowest BCUT2D eigenvalue weighted by molar-refractivity contribution is -0.190. The minimum Gasteiger partial charge on any atom is -0.461 e. The third kappa shape index (κ3) is 3.04. The number of esters is 2. The van der Waals surface area contributed by atoms with Gasteiger partial charge in [-0.15, -0.1) is 0 Å². The van der Waals surface area contributed by atoms with E-state index in [4.69, 9.17) is 14.2 Å². The molecule has 1 fully saturated rings. The summed E-state index contributed by atoms with van der Waals surface area (Å²) >= 11 is 0. The highest BCUT2D eigenvalue weighted by Crippen LogP contribution is 2.44. The Morgan fingerprint density at radius 3 is 2.76 bits per heavy atom. The van der Waals surface area contributed by atoms with Gasteiger partial charge in [0.1, 0.15) is 12.2 Å². The van der Waals surface area contributed by atoms with Gasteiger partial charge in [-0.2, -0.15) is 0 Å². The molecule has 1 saturated heterocycles. The molecule has 0 radical (unpaired) electrons. The molecule has 0 aromatic carbocycles. The first-order valence-corrected chi connectivity index (χ1v) is 8.47. The summed E-state index contributed by atoms with van der Waals surface area (Å²) in [5.74, 6) is -3.26. The van der Waals surface area contributed by atoms with Crippen molar-refractivity contribution in [2.45, 2.75) is 57.7 Å². The van der Waals surface area contributed by atoms with E-state index < -0.39 is 35.5 Å². The van der Waals surface area contributed by atoms with Gasteiger partial charge >= 0.3 is 11.9 Å². The number of carbonyl (C=O) groups is 2. The molecular formula is C19H24O6. The summed E-state index contributed by atoms with van der Waals surface area (Å²) in [6, 6.07) is 0. The van der Waals surface area contributed by atoms with Crippen molar-refractivity contribution in [2.75, 3.05) is 0 Å². The zero-order valence-electron chi connectivity index (χ0n) is 14.9. The van der Waals surface area contributed by atoms with Gasteiger partial charge in [0.25, 0.3) is 0 Å². The van der Waals surface area contributed by atoms with Crippen LogP contribution in [0.1, 0.15) is 34.1 Å². The van der Waals surface area contributed by atoms with Crippen LogP contribution in [-0.4, -0.2) is 40.6 Å². The fourth-order valence-corrected chi connectivity index (χ4v) is 3.51. The number of hydrogen-bond donors (Lipinski definition) is 1. The largest absolute Gasteiger partial charge is 0.461 e. The maximum atomic E-state index is 12.2. The third-order valence-electron chi connectivity index (χ3n) is 5.04. The third-order valence-corrected chi connectivity index (χ3v) is 5.04. The molecule has 136 valence electrons. The highest BCUT2D eigenvalue weighted by atomic mass is 16.6. The first kappa shape index (κ1) is 17.9. The van der Waals surface area contributed by atoms with Crippen LogP contribution in [0.4, 0.5) is 0 Å². The Balaban J connectivity index is 2.04. The molecule has 25 heavy (non-hydrogen) atoms. The fourth-order valence-electron chi connectivity index (χ4n) is 3.51. The van der Waals surface area contributed by atoms with Gasteiger partial charge in [0.05, 0.1) is 17.4 Å². The molecule has 5 atom stereocenters. The van der Waals surface area contributed by atoms with Crippen LogP contribution in [-0.2, 0) is 23.8 Å². The molecule has 0 saturated carbocycles. The number of aliphatic hydroxyl groups is 1. The second-order valence-corrected chi connectivity index (χ2v) is 7.55. The molecule has 1 N–H and O–H groups in total. The van der Waals surface area contributed by atoms with Crippen molar-refractivity contribution in [1.29, 1.82) is 0 Å². The van der Waals surface area contributed by atoms with E-state index in [1.165, 1.54) is 0 Å². The fraction of sp³-hybridized carbons (Fsp3) is 0.579. The van der Waals surface area contributed by atoms with Gasteiger partial charge in [0.2, 0.25) is 5.79 Å². The molecule has 3 rings (SSSR count). The van der Waals surface area contributed by atoms with Gasteiger partial charge in [-0.1, -0.05) is 26.5 Å². The standard InChI is InChI=1S/C19H24O6/c1-10(2)16(20)24-14-9-18(5)6-7-19(22,25-18)11(3)8-13-15(14)12(4)17(21)23-13/h6-8,10,13-15,22H,4,9H2,1-3,5H3/b11-8+. The average molecular weight is 348 g/mol. The molecule has 6 heteroatoms. The number of rotatable bonds is 2. The smallest absolute Gasteiger partial charge is 0.334 e. The van der Waals surface area contributed by atoms with Crippen molar-refractivity contribution in [1.82, 2.24) is 0 Å². The average Bonchev–Trinajstić information content (AvgIpc) is 2.97. The van der Waals surface area contributed by atoms with E-state index in [0.29, 0.717) is 5.57 Å². The van der Waals surface area contributed by atoms with Gasteiger partial charge in [-0.05, 0) is 31.6 Å². The molecule has 5 unspecified atom stereocenters. The Kier molecular flexibility index (Phi) is 4.16. The van der Waals surface area contributed by atoms with E-state index in [1.54, 1.807) is 39.0 Å². The zero-order chi connectivity index (χ0) is 18.6. The van der Waals surface area contributed by atoms with Gasteiger partial charge in [-0.25, -0.2) is 4.79 Å². The van der Waals surface area contributed by atoms with Crippen LogP contribution in [0.15, 0.2) is 36.0 Å². The Labute approximate surface area is 147 Å². The predicted octanol–water partition coefficient (Wildman–Crippen LogP) is 2.04. The highest BCUT2D eigenvalue weighted by molar-refractivity contribution is 5.91. The molecule has 0 spiro atoms. The summed E-state index contributed by atoms with van der Waals surface area (Å²) in [4.78, 5) is 24.3. The number of fused-ring (bicyclic) bond motifs is 3. The van der Waals surface area contributed by atoms with Crippen LogP contribution in [0, 0.1) is 11.8 Å². The van der Waals surface area contributed by atoms with Crippen LogP contribution in [0.5, 0.6) is 0 Å². The van der Waals surface area contributed by atoms with Crippen LogP contribution < -0.4 is 0 Å². The summed E-state index contributed by atoms with van der Waals surface area (Å²) in [6.45, 7) is 10.9. The van der Waals surface area contributed by atoms with Crippen LogP contribution in [0.3, 0.4) is 0 Å². The molecular weight excluding hydrogens is 324 g/mol. The lowest BCUT2D eigenvalue weighted by Gasteiger charge is -2.33. The summed E-state index contributed by atoms with van der Waals surface area (Å²) < 4.78 is 17.0. The van der Waals surface area contributed by atoms with Crippen molar-refractivity contribution in [3.8, 4) is 0 Å². The number of ether oxygens (including phenoxy) is 3. The quantitative estimate of drug-likeness (QED) is 0.467. The topological polar surface area (TPSA) is 82.1 Å². The molecule has 3 aliphatic heterocycles. The lowest BCUT2D eigenvalue weighted by Crippen LogP contribution is -2.41. The summed E-state index contributed by atoms with van der Waals surface area (Å²) in [5.41, 5.74) is -0.0548. The summed E-state index contributed by atoms with van der Waals surface area (Å²) in [6.07, 6.45) is 3.96. The molecule has 0 amide bonds. The molecule has 3 aliphatic rings. The SMILES string of the molecule is C=C1C(=O)OC2/C=C(\C)C3(O)C=CC(C)(CC(OC(=O)C(C)C)C12)O3. The summed E-state index contributed by atoms with van der Waals surface area (Å²) in [5, 5.41) is 10.7. The molecule has 6 nitrogen and oxygen atoms in total. The normalized spacial score (nSPS) is 42.2. The van der Waals surface area contributed by atoms with E-state index in [0.717, 1.165) is 0 Å². The van der Waals surface area contributed by atoms with Crippen molar-refractivity contribution < 1.29 is 28.9 Å². The van der Waals surface area contributed by atoms with Crippen molar-refractivity contribution in [3.63, 3.8) is 0 Å².